The molecule has 0 atom stereocenters. The molecule has 3 heteroatoms. The van der Waals surface area contributed by atoms with Crippen LogP contribution in [0, 0.1) is 6.92 Å². The predicted molar refractivity (Wildman–Crippen MR) is 39.5 cm³/mol. The number of pyridine rings is 1. The summed E-state index contributed by atoms with van der Waals surface area (Å²) >= 11 is 3.19. The third-order valence-electron chi connectivity index (χ3n) is 1.06. The fraction of sp³-hybridized carbons (Fsp3) is 0.167. The summed E-state index contributed by atoms with van der Waals surface area (Å²) in [5.74, 6) is 0. The van der Waals surface area contributed by atoms with Gasteiger partial charge in [-0.15, -0.1) is 0 Å². The molecule has 0 aliphatic heterocycles. The Morgan fingerprint density at radius 1 is 1.56 bits per heavy atom. The van der Waals surface area contributed by atoms with Gasteiger partial charge in [-0.1, -0.05) is 6.07 Å². The highest BCUT2D eigenvalue weighted by Gasteiger charge is 1.90. The van der Waals surface area contributed by atoms with Gasteiger partial charge < -0.3 is 4.98 Å². The summed E-state index contributed by atoms with van der Waals surface area (Å²) < 4.78 is 0.759. The van der Waals surface area contributed by atoms with Gasteiger partial charge in [-0.25, -0.2) is 0 Å². The van der Waals surface area contributed by atoms with Crippen molar-refractivity contribution in [1.29, 1.82) is 0 Å². The van der Waals surface area contributed by atoms with Crippen molar-refractivity contribution in [3.8, 4) is 0 Å². The Morgan fingerprint density at radius 2 is 2.22 bits per heavy atom. The maximum atomic E-state index is 10.6. The van der Waals surface area contributed by atoms with Crippen LogP contribution in [0.4, 0.5) is 0 Å². The Labute approximate surface area is 61.0 Å². The molecular weight excluding hydrogens is 182 g/mol. The first-order valence-electron chi connectivity index (χ1n) is 2.55. The van der Waals surface area contributed by atoms with Crippen molar-refractivity contribution in [1.82, 2.24) is 4.98 Å². The molecule has 0 aliphatic rings. The van der Waals surface area contributed by atoms with Crippen LogP contribution in [0.5, 0.6) is 0 Å². The van der Waals surface area contributed by atoms with Gasteiger partial charge in [0.25, 0.3) is 0 Å². The first-order chi connectivity index (χ1) is 4.20. The highest BCUT2D eigenvalue weighted by molar-refractivity contribution is 9.10. The van der Waals surface area contributed by atoms with Gasteiger partial charge in [-0.2, -0.15) is 0 Å². The number of rotatable bonds is 0. The van der Waals surface area contributed by atoms with E-state index >= 15 is 0 Å². The molecule has 0 spiro atoms. The molecule has 0 unspecified atom stereocenters. The lowest BCUT2D eigenvalue weighted by molar-refractivity contribution is 1.16. The van der Waals surface area contributed by atoms with Gasteiger partial charge in [0.15, 0.2) is 0 Å². The molecule has 0 saturated carbocycles. The number of aromatic nitrogens is 1. The average Bonchev–Trinajstić information content (AvgIpc) is 1.80. The van der Waals surface area contributed by atoms with Crippen molar-refractivity contribution in [2.45, 2.75) is 6.92 Å². The van der Waals surface area contributed by atoms with E-state index in [4.69, 9.17) is 0 Å². The van der Waals surface area contributed by atoms with Crippen LogP contribution in [0.1, 0.15) is 5.56 Å². The molecule has 0 radical (unpaired) electrons. The number of hydrogen-bond acceptors (Lipinski definition) is 1. The Morgan fingerprint density at radius 3 is 2.67 bits per heavy atom. The predicted octanol–water partition coefficient (Wildman–Crippen LogP) is 1.45. The van der Waals surface area contributed by atoms with Crippen molar-refractivity contribution in [2.75, 3.05) is 0 Å². The zero-order valence-corrected chi connectivity index (χ0v) is 6.53. The smallest absolute Gasteiger partial charge is 0.248 e. The molecular formula is C6H6BrNO. The number of aromatic amines is 1. The van der Waals surface area contributed by atoms with Crippen LogP contribution in [0.25, 0.3) is 0 Å². The Hall–Kier alpha value is -0.570. The van der Waals surface area contributed by atoms with Crippen molar-refractivity contribution < 1.29 is 0 Å². The van der Waals surface area contributed by atoms with Crippen LogP contribution in [-0.4, -0.2) is 4.98 Å². The fourth-order valence-electron chi connectivity index (χ4n) is 0.522. The molecule has 0 amide bonds. The summed E-state index contributed by atoms with van der Waals surface area (Å²) in [7, 11) is 0. The molecule has 1 N–H and O–H groups in total. The van der Waals surface area contributed by atoms with E-state index in [1.54, 1.807) is 6.07 Å². The zero-order chi connectivity index (χ0) is 6.85. The fourth-order valence-corrected chi connectivity index (χ4v) is 0.850. The lowest BCUT2D eigenvalue weighted by atomic mass is 10.3. The normalized spacial score (nSPS) is 9.56. The van der Waals surface area contributed by atoms with Crippen LogP contribution in [-0.2, 0) is 0 Å². The van der Waals surface area contributed by atoms with Crippen molar-refractivity contribution >= 4 is 15.9 Å². The van der Waals surface area contributed by atoms with E-state index in [0.29, 0.717) is 0 Å². The summed E-state index contributed by atoms with van der Waals surface area (Å²) in [5.41, 5.74) is 0.960. The van der Waals surface area contributed by atoms with Crippen LogP contribution >= 0.6 is 15.9 Å². The second kappa shape index (κ2) is 2.35. The van der Waals surface area contributed by atoms with E-state index in [1.165, 1.54) is 6.07 Å². The van der Waals surface area contributed by atoms with Crippen LogP contribution in [0.15, 0.2) is 21.5 Å². The van der Waals surface area contributed by atoms with Gasteiger partial charge in [-0.3, -0.25) is 4.79 Å². The molecule has 0 bridgehead atoms. The van der Waals surface area contributed by atoms with Gasteiger partial charge in [0.1, 0.15) is 0 Å². The lowest BCUT2D eigenvalue weighted by Gasteiger charge is -1.92. The van der Waals surface area contributed by atoms with E-state index in [2.05, 4.69) is 20.9 Å². The monoisotopic (exact) mass is 187 g/mol. The molecule has 0 saturated heterocycles. The number of nitrogens with one attached hydrogen (secondary N) is 1. The molecule has 0 fully saturated rings. The summed E-state index contributed by atoms with van der Waals surface area (Å²) in [6.45, 7) is 1.92. The maximum Gasteiger partial charge on any atom is 0.248 e. The molecule has 1 heterocycles. The molecule has 48 valence electrons. The molecule has 2 nitrogen and oxygen atoms in total. The molecule has 0 aromatic carbocycles. The van der Waals surface area contributed by atoms with Crippen LogP contribution in [0.3, 0.4) is 0 Å². The van der Waals surface area contributed by atoms with Gasteiger partial charge >= 0.3 is 0 Å². The second-order valence-corrected chi connectivity index (χ2v) is 2.61. The van der Waals surface area contributed by atoms with Crippen LogP contribution in [0.2, 0.25) is 0 Å². The molecule has 0 aliphatic carbocycles. The van der Waals surface area contributed by atoms with Crippen molar-refractivity contribution in [3.63, 3.8) is 0 Å². The minimum absolute atomic E-state index is 0.0764. The van der Waals surface area contributed by atoms with Crippen molar-refractivity contribution in [3.05, 3.63) is 32.7 Å². The van der Waals surface area contributed by atoms with Crippen LogP contribution < -0.4 is 5.56 Å². The van der Waals surface area contributed by atoms with E-state index in [9.17, 15) is 4.79 Å². The Kier molecular flexibility index (Phi) is 1.71. The summed E-state index contributed by atoms with van der Waals surface area (Å²) in [5, 5.41) is 0. The minimum Gasteiger partial charge on any atom is -0.316 e. The number of aryl methyl sites for hydroxylation is 1. The quantitative estimate of drug-likeness (QED) is 0.614. The molecule has 9 heavy (non-hydrogen) atoms. The third-order valence-corrected chi connectivity index (χ3v) is 1.89. The van der Waals surface area contributed by atoms with E-state index in [-0.39, 0.29) is 5.56 Å². The number of halogens is 1. The van der Waals surface area contributed by atoms with E-state index < -0.39 is 0 Å². The second-order valence-electron chi connectivity index (χ2n) is 1.82. The van der Waals surface area contributed by atoms with Gasteiger partial charge in [0.05, 0.1) is 4.60 Å². The lowest BCUT2D eigenvalue weighted by Crippen LogP contribution is -2.03. The molecule has 1 aromatic heterocycles. The average molecular weight is 188 g/mol. The van der Waals surface area contributed by atoms with Crippen molar-refractivity contribution in [2.24, 2.45) is 0 Å². The highest BCUT2D eigenvalue weighted by atomic mass is 79.9. The number of hydrogen-bond donors (Lipinski definition) is 1. The molecule has 1 aromatic rings. The number of H-pyrrole nitrogens is 1. The SMILES string of the molecule is Cc1ccc(=O)[nH]c1Br. The summed E-state index contributed by atoms with van der Waals surface area (Å²) in [6.07, 6.45) is 0. The topological polar surface area (TPSA) is 32.9 Å². The summed E-state index contributed by atoms with van der Waals surface area (Å²) in [6, 6.07) is 3.27. The first-order valence-corrected chi connectivity index (χ1v) is 3.35. The summed E-state index contributed by atoms with van der Waals surface area (Å²) in [4.78, 5) is 13.2. The largest absolute Gasteiger partial charge is 0.316 e. The highest BCUT2D eigenvalue weighted by Crippen LogP contribution is 2.07. The Balaban J connectivity index is 3.34. The van der Waals surface area contributed by atoms with Gasteiger partial charge in [0, 0.05) is 6.07 Å². The Bertz CT molecular complexity index is 266. The zero-order valence-electron chi connectivity index (χ0n) is 4.94. The minimum atomic E-state index is -0.0764. The van der Waals surface area contributed by atoms with Gasteiger partial charge in [0.2, 0.25) is 5.56 Å². The third kappa shape index (κ3) is 1.42. The van der Waals surface area contributed by atoms with Gasteiger partial charge in [-0.05, 0) is 28.4 Å². The van der Waals surface area contributed by atoms with E-state index in [0.717, 1.165) is 10.2 Å². The first kappa shape index (κ1) is 6.55. The maximum absolute atomic E-state index is 10.6. The standard InChI is InChI=1S/C6H6BrNO/c1-4-2-3-5(9)8-6(4)7/h2-3H,1H3,(H,8,9). The molecule has 1 rings (SSSR count). The van der Waals surface area contributed by atoms with E-state index in [1.807, 2.05) is 6.92 Å².